The summed E-state index contributed by atoms with van der Waals surface area (Å²) in [6, 6.07) is 6.70. The van der Waals surface area contributed by atoms with Crippen molar-refractivity contribution in [2.75, 3.05) is 33.4 Å². The molecule has 1 saturated heterocycles. The molecule has 166 valence electrons. The maximum absolute atomic E-state index is 13.5. The van der Waals surface area contributed by atoms with Crippen molar-refractivity contribution in [3.63, 3.8) is 0 Å². The van der Waals surface area contributed by atoms with Crippen molar-refractivity contribution in [2.45, 2.75) is 44.7 Å². The van der Waals surface area contributed by atoms with Crippen molar-refractivity contribution in [3.05, 3.63) is 63.1 Å². The molecular formula is C23H29FN4O3. The first kappa shape index (κ1) is 21.6. The average Bonchev–Trinajstić information content (AvgIpc) is 2.77. The first-order valence-electron chi connectivity index (χ1n) is 10.9. The number of hydrogen-bond acceptors (Lipinski definition) is 5. The van der Waals surface area contributed by atoms with Crippen molar-refractivity contribution < 1.29 is 13.9 Å². The maximum Gasteiger partial charge on any atom is 0.256 e. The van der Waals surface area contributed by atoms with Crippen LogP contribution < -0.4 is 5.56 Å². The van der Waals surface area contributed by atoms with E-state index >= 15 is 0 Å². The van der Waals surface area contributed by atoms with E-state index < -0.39 is 0 Å². The smallest absolute Gasteiger partial charge is 0.256 e. The molecule has 1 aromatic heterocycles. The number of methoxy groups -OCH3 is 1. The summed E-state index contributed by atoms with van der Waals surface area (Å²) in [5.74, 6) is 0.645. The van der Waals surface area contributed by atoms with Gasteiger partial charge in [-0.25, -0.2) is 9.37 Å². The lowest BCUT2D eigenvalue weighted by Crippen LogP contribution is -2.41. The van der Waals surface area contributed by atoms with Crippen molar-refractivity contribution in [1.29, 1.82) is 0 Å². The third-order valence-corrected chi connectivity index (χ3v) is 6.15. The second-order valence-corrected chi connectivity index (χ2v) is 8.39. The van der Waals surface area contributed by atoms with E-state index in [4.69, 9.17) is 9.72 Å². The number of carbonyl (C=O) groups excluding carboxylic acids is 1. The normalized spacial score (nSPS) is 19.3. The summed E-state index contributed by atoms with van der Waals surface area (Å²) in [6.07, 6.45) is 2.87. The van der Waals surface area contributed by atoms with Gasteiger partial charge in [-0.3, -0.25) is 14.5 Å². The monoisotopic (exact) mass is 428 g/mol. The summed E-state index contributed by atoms with van der Waals surface area (Å²) in [5, 5.41) is 0. The summed E-state index contributed by atoms with van der Waals surface area (Å²) in [7, 11) is 1.57. The minimum atomic E-state index is -0.221. The third-order valence-electron chi connectivity index (χ3n) is 6.15. The Labute approximate surface area is 181 Å². The molecule has 8 heteroatoms. The molecule has 1 aromatic carbocycles. The minimum Gasteiger partial charge on any atom is -0.384 e. The van der Waals surface area contributed by atoms with Crippen LogP contribution in [0, 0.1) is 5.82 Å². The molecule has 1 fully saturated rings. The first-order chi connectivity index (χ1) is 15.0. The number of amides is 1. The van der Waals surface area contributed by atoms with E-state index in [0.717, 1.165) is 43.0 Å². The number of halogens is 1. The van der Waals surface area contributed by atoms with Gasteiger partial charge in [0.1, 0.15) is 11.6 Å². The summed E-state index contributed by atoms with van der Waals surface area (Å²) >= 11 is 0. The summed E-state index contributed by atoms with van der Waals surface area (Å²) in [4.78, 5) is 36.9. The lowest BCUT2D eigenvalue weighted by atomic mass is 9.96. The third kappa shape index (κ3) is 5.19. The molecule has 1 N–H and O–H groups in total. The van der Waals surface area contributed by atoms with E-state index in [9.17, 15) is 14.0 Å². The number of rotatable bonds is 6. The topological polar surface area (TPSA) is 78.5 Å². The Hall–Kier alpha value is -2.58. The fourth-order valence-corrected chi connectivity index (χ4v) is 4.51. The van der Waals surface area contributed by atoms with Gasteiger partial charge in [0.15, 0.2) is 0 Å². The Kier molecular flexibility index (Phi) is 6.77. The molecule has 1 amide bonds. The molecule has 2 aliphatic heterocycles. The van der Waals surface area contributed by atoms with Crippen molar-refractivity contribution in [1.82, 2.24) is 19.8 Å². The lowest BCUT2D eigenvalue weighted by molar-refractivity contribution is -0.133. The molecule has 0 radical (unpaired) electrons. The number of fused-ring (bicyclic) bond motifs is 1. The molecule has 3 heterocycles. The Morgan fingerprint density at radius 2 is 2.23 bits per heavy atom. The molecule has 0 spiro atoms. The van der Waals surface area contributed by atoms with Gasteiger partial charge in [-0.2, -0.15) is 0 Å². The number of nitrogens with one attached hydrogen (secondary N) is 1. The van der Waals surface area contributed by atoms with Crippen LogP contribution in [0.4, 0.5) is 4.39 Å². The van der Waals surface area contributed by atoms with Crippen LogP contribution in [0.5, 0.6) is 0 Å². The molecular weight excluding hydrogens is 399 g/mol. The first-order valence-corrected chi connectivity index (χ1v) is 10.9. The Morgan fingerprint density at radius 1 is 1.35 bits per heavy atom. The summed E-state index contributed by atoms with van der Waals surface area (Å²) < 4.78 is 18.5. The van der Waals surface area contributed by atoms with Crippen LogP contribution in [-0.4, -0.2) is 59.0 Å². The Bertz CT molecular complexity index is 993. The van der Waals surface area contributed by atoms with Gasteiger partial charge >= 0.3 is 0 Å². The van der Waals surface area contributed by atoms with Gasteiger partial charge in [0, 0.05) is 39.1 Å². The van der Waals surface area contributed by atoms with E-state index in [0.29, 0.717) is 44.6 Å². The second-order valence-electron chi connectivity index (χ2n) is 8.39. The highest BCUT2D eigenvalue weighted by Gasteiger charge is 2.28. The van der Waals surface area contributed by atoms with Crippen LogP contribution >= 0.6 is 0 Å². The number of benzene rings is 1. The van der Waals surface area contributed by atoms with Crippen LogP contribution in [0.1, 0.15) is 47.8 Å². The number of ether oxygens (including phenoxy) is 1. The SMILES string of the molecule is COCCC(=O)N1CCc2nc([C@H]3CCCN(Cc4cccc(F)c4)C3)[nH]c(=O)c2C1. The number of nitrogens with zero attached hydrogens (tertiary/aromatic N) is 3. The van der Waals surface area contributed by atoms with Gasteiger partial charge in [0.2, 0.25) is 5.91 Å². The van der Waals surface area contributed by atoms with Gasteiger partial charge in [0.25, 0.3) is 5.56 Å². The average molecular weight is 429 g/mol. The van der Waals surface area contributed by atoms with E-state index in [1.807, 2.05) is 6.07 Å². The van der Waals surface area contributed by atoms with E-state index in [-0.39, 0.29) is 23.2 Å². The highest BCUT2D eigenvalue weighted by Crippen LogP contribution is 2.26. The molecule has 2 aromatic rings. The van der Waals surface area contributed by atoms with Gasteiger partial charge in [-0.15, -0.1) is 0 Å². The number of aromatic nitrogens is 2. The zero-order chi connectivity index (χ0) is 21.8. The molecule has 0 saturated carbocycles. The minimum absolute atomic E-state index is 0.00347. The predicted octanol–water partition coefficient (Wildman–Crippen LogP) is 2.21. The lowest BCUT2D eigenvalue weighted by Gasteiger charge is -2.33. The standard InChI is InChI=1S/C23H29FN4O3/c1-31-11-8-21(29)28-10-7-20-19(15-28)23(30)26-22(25-20)17-5-3-9-27(14-17)13-16-4-2-6-18(24)12-16/h2,4,6,12,17H,3,5,7-11,13-15H2,1H3,(H,25,26,30)/t17-/m0/s1. The van der Waals surface area contributed by atoms with Crippen LogP contribution in [0.3, 0.4) is 0 Å². The maximum atomic E-state index is 13.5. The number of hydrogen-bond donors (Lipinski definition) is 1. The predicted molar refractivity (Wildman–Crippen MR) is 114 cm³/mol. The van der Waals surface area contributed by atoms with Gasteiger partial charge in [-0.05, 0) is 37.1 Å². The quantitative estimate of drug-likeness (QED) is 0.763. The zero-order valence-electron chi connectivity index (χ0n) is 17.9. The van der Waals surface area contributed by atoms with Crippen LogP contribution in [0.25, 0.3) is 0 Å². The molecule has 1 atom stereocenters. The molecule has 0 aliphatic carbocycles. The fourth-order valence-electron chi connectivity index (χ4n) is 4.51. The van der Waals surface area contributed by atoms with Gasteiger partial charge < -0.3 is 14.6 Å². The molecule has 31 heavy (non-hydrogen) atoms. The fraction of sp³-hybridized carbons (Fsp3) is 0.522. The number of H-pyrrole nitrogens is 1. The van der Waals surface area contributed by atoms with Crippen LogP contribution in [0.15, 0.2) is 29.1 Å². The molecule has 0 unspecified atom stereocenters. The summed E-state index contributed by atoms with van der Waals surface area (Å²) in [6.45, 7) is 3.66. The van der Waals surface area contributed by atoms with E-state index in [2.05, 4.69) is 9.88 Å². The number of piperidine rings is 1. The van der Waals surface area contributed by atoms with E-state index in [1.165, 1.54) is 6.07 Å². The Morgan fingerprint density at radius 3 is 3.03 bits per heavy atom. The number of likely N-dealkylation sites (tertiary alicyclic amines) is 1. The second kappa shape index (κ2) is 9.70. The summed E-state index contributed by atoms with van der Waals surface area (Å²) in [5.41, 5.74) is 2.20. The van der Waals surface area contributed by atoms with Crippen molar-refractivity contribution in [3.8, 4) is 0 Å². The van der Waals surface area contributed by atoms with Crippen molar-refractivity contribution >= 4 is 5.91 Å². The molecule has 2 aliphatic rings. The number of carbonyl (C=O) groups is 1. The van der Waals surface area contributed by atoms with Gasteiger partial charge in [-0.1, -0.05) is 12.1 Å². The molecule has 7 nitrogen and oxygen atoms in total. The number of aromatic amines is 1. The molecule has 4 rings (SSSR count). The largest absolute Gasteiger partial charge is 0.384 e. The van der Waals surface area contributed by atoms with E-state index in [1.54, 1.807) is 24.1 Å². The highest BCUT2D eigenvalue weighted by atomic mass is 19.1. The Balaban J connectivity index is 1.45. The zero-order valence-corrected chi connectivity index (χ0v) is 17.9. The van der Waals surface area contributed by atoms with Crippen LogP contribution in [-0.2, 0) is 29.0 Å². The molecule has 0 bridgehead atoms. The van der Waals surface area contributed by atoms with Crippen molar-refractivity contribution in [2.24, 2.45) is 0 Å². The van der Waals surface area contributed by atoms with Crippen LogP contribution in [0.2, 0.25) is 0 Å². The van der Waals surface area contributed by atoms with Gasteiger partial charge in [0.05, 0.1) is 30.8 Å². The highest BCUT2D eigenvalue weighted by molar-refractivity contribution is 5.76.